The second-order valence-corrected chi connectivity index (χ2v) is 3.79. The number of nitrogens with zero attached hydrogens (tertiary/aromatic N) is 1. The van der Waals surface area contributed by atoms with E-state index in [1.165, 1.54) is 0 Å². The lowest BCUT2D eigenvalue weighted by Crippen LogP contribution is -2.38. The molecule has 5 heteroatoms. The van der Waals surface area contributed by atoms with Crippen molar-refractivity contribution >= 4 is 5.91 Å². The van der Waals surface area contributed by atoms with Gasteiger partial charge in [-0.25, -0.2) is 0 Å². The van der Waals surface area contributed by atoms with Crippen molar-refractivity contribution in [3.05, 3.63) is 0 Å². The molecule has 5 nitrogen and oxygen atoms in total. The molecule has 1 saturated carbocycles. The maximum atomic E-state index is 11.1. The molecule has 84 valence electrons. The summed E-state index contributed by atoms with van der Waals surface area (Å²) in [6.07, 6.45) is 2.20. The third kappa shape index (κ3) is 5.35. The fourth-order valence-electron chi connectivity index (χ4n) is 1.30. The smallest absolute Gasteiger partial charge is 0.233 e. The Morgan fingerprint density at radius 1 is 1.60 bits per heavy atom. The van der Waals surface area contributed by atoms with E-state index in [1.807, 2.05) is 6.07 Å². The van der Waals surface area contributed by atoms with Gasteiger partial charge >= 0.3 is 0 Å². The zero-order valence-corrected chi connectivity index (χ0v) is 8.70. The minimum atomic E-state index is -0.322. The Balaban J connectivity index is 1.94. The van der Waals surface area contributed by atoms with Gasteiger partial charge in [-0.15, -0.1) is 0 Å². The quantitative estimate of drug-likeness (QED) is 0.490. The Hall–Kier alpha value is -1.12. The summed E-state index contributed by atoms with van der Waals surface area (Å²) in [6, 6.07) is 1.95. The minimum Gasteiger partial charge on any atom is -0.392 e. The molecule has 0 heterocycles. The molecule has 0 saturated heterocycles. The number of hydrogen-bond donors (Lipinski definition) is 3. The molecule has 0 spiro atoms. The topological polar surface area (TPSA) is 85.2 Å². The largest absolute Gasteiger partial charge is 0.392 e. The maximum absolute atomic E-state index is 11.1. The second kappa shape index (κ2) is 6.38. The maximum Gasteiger partial charge on any atom is 0.233 e. The Labute approximate surface area is 89.5 Å². The molecular formula is C10H17N3O2. The zero-order valence-electron chi connectivity index (χ0n) is 8.70. The van der Waals surface area contributed by atoms with E-state index >= 15 is 0 Å². The van der Waals surface area contributed by atoms with Crippen LogP contribution >= 0.6 is 0 Å². The van der Waals surface area contributed by atoms with Gasteiger partial charge in [0.25, 0.3) is 0 Å². The first-order valence-corrected chi connectivity index (χ1v) is 5.26. The molecular weight excluding hydrogens is 194 g/mol. The van der Waals surface area contributed by atoms with E-state index in [2.05, 4.69) is 10.6 Å². The van der Waals surface area contributed by atoms with Gasteiger partial charge in [-0.3, -0.25) is 4.79 Å². The molecule has 0 aliphatic heterocycles. The number of amides is 1. The summed E-state index contributed by atoms with van der Waals surface area (Å²) in [6.45, 7) is 1.06. The van der Waals surface area contributed by atoms with Gasteiger partial charge in [0.15, 0.2) is 0 Å². The summed E-state index contributed by atoms with van der Waals surface area (Å²) in [4.78, 5) is 11.1. The highest BCUT2D eigenvalue weighted by Crippen LogP contribution is 2.32. The number of carbonyl (C=O) groups excluding carboxylic acids is 1. The predicted octanol–water partition coefficient (Wildman–Crippen LogP) is -0.623. The van der Waals surface area contributed by atoms with Crippen molar-refractivity contribution in [2.45, 2.75) is 25.4 Å². The number of nitriles is 1. The summed E-state index contributed by atoms with van der Waals surface area (Å²) in [5.41, 5.74) is 0. The van der Waals surface area contributed by atoms with Crippen LogP contribution < -0.4 is 10.6 Å². The van der Waals surface area contributed by atoms with Gasteiger partial charge in [-0.1, -0.05) is 0 Å². The van der Waals surface area contributed by atoms with Gasteiger partial charge in [0.2, 0.25) is 5.91 Å². The molecule has 1 unspecified atom stereocenters. The van der Waals surface area contributed by atoms with Crippen molar-refractivity contribution in [3.8, 4) is 6.07 Å². The van der Waals surface area contributed by atoms with Crippen LogP contribution in [0.5, 0.6) is 0 Å². The predicted molar refractivity (Wildman–Crippen MR) is 54.8 cm³/mol. The normalized spacial score (nSPS) is 16.8. The van der Waals surface area contributed by atoms with Crippen LogP contribution in [-0.2, 0) is 4.79 Å². The van der Waals surface area contributed by atoms with Crippen LogP contribution in [0.15, 0.2) is 0 Å². The van der Waals surface area contributed by atoms with Gasteiger partial charge < -0.3 is 15.7 Å². The Bertz CT molecular complexity index is 246. The van der Waals surface area contributed by atoms with Crippen molar-refractivity contribution in [1.82, 2.24) is 10.6 Å². The molecule has 0 aromatic rings. The first kappa shape index (κ1) is 12.0. The summed E-state index contributed by atoms with van der Waals surface area (Å²) in [5, 5.41) is 23.2. The van der Waals surface area contributed by atoms with E-state index in [4.69, 9.17) is 5.26 Å². The molecule has 1 atom stereocenters. The number of nitrogens with one attached hydrogen (secondary N) is 2. The first-order valence-electron chi connectivity index (χ1n) is 5.26. The Morgan fingerprint density at radius 3 is 2.93 bits per heavy atom. The van der Waals surface area contributed by atoms with Gasteiger partial charge in [-0.05, 0) is 18.8 Å². The molecule has 1 rings (SSSR count). The summed E-state index contributed by atoms with van der Waals surface area (Å²) >= 11 is 0. The molecule has 1 aliphatic carbocycles. The molecule has 1 amide bonds. The molecule has 0 radical (unpaired) electrons. The van der Waals surface area contributed by atoms with Crippen LogP contribution in [0.25, 0.3) is 0 Å². The molecule has 1 fully saturated rings. The molecule has 0 aromatic heterocycles. The van der Waals surface area contributed by atoms with Crippen LogP contribution in [0, 0.1) is 17.2 Å². The van der Waals surface area contributed by atoms with Gasteiger partial charge in [0.1, 0.15) is 0 Å². The van der Waals surface area contributed by atoms with E-state index in [0.29, 0.717) is 25.4 Å². The SMILES string of the molecule is N#CCCNC(=O)CNCC(O)C1CC1. The fourth-order valence-corrected chi connectivity index (χ4v) is 1.30. The number of aliphatic hydroxyl groups is 1. The highest BCUT2D eigenvalue weighted by molar-refractivity contribution is 5.77. The van der Waals surface area contributed by atoms with Crippen LogP contribution in [-0.4, -0.2) is 36.8 Å². The van der Waals surface area contributed by atoms with Crippen molar-refractivity contribution in [1.29, 1.82) is 5.26 Å². The van der Waals surface area contributed by atoms with E-state index < -0.39 is 0 Å². The second-order valence-electron chi connectivity index (χ2n) is 3.79. The van der Waals surface area contributed by atoms with Crippen molar-refractivity contribution < 1.29 is 9.90 Å². The van der Waals surface area contributed by atoms with Crippen LogP contribution in [0.1, 0.15) is 19.3 Å². The first-order chi connectivity index (χ1) is 7.24. The molecule has 1 aliphatic rings. The van der Waals surface area contributed by atoms with Gasteiger partial charge in [0, 0.05) is 13.1 Å². The lowest BCUT2D eigenvalue weighted by Gasteiger charge is -2.10. The van der Waals surface area contributed by atoms with E-state index in [9.17, 15) is 9.90 Å². The lowest BCUT2D eigenvalue weighted by atomic mass is 10.2. The van der Waals surface area contributed by atoms with Gasteiger partial charge in [0.05, 0.1) is 25.1 Å². The molecule has 3 N–H and O–H groups in total. The van der Waals surface area contributed by atoms with Crippen molar-refractivity contribution in [2.75, 3.05) is 19.6 Å². The number of aliphatic hydroxyl groups excluding tert-OH is 1. The summed E-state index contributed by atoms with van der Waals surface area (Å²) in [7, 11) is 0. The van der Waals surface area contributed by atoms with Crippen LogP contribution in [0.3, 0.4) is 0 Å². The summed E-state index contributed by atoms with van der Waals surface area (Å²) < 4.78 is 0. The fraction of sp³-hybridized carbons (Fsp3) is 0.800. The molecule has 0 bridgehead atoms. The number of rotatable bonds is 7. The van der Waals surface area contributed by atoms with Crippen molar-refractivity contribution in [2.24, 2.45) is 5.92 Å². The average molecular weight is 211 g/mol. The third-order valence-electron chi connectivity index (χ3n) is 2.36. The number of carbonyl (C=O) groups is 1. The van der Waals surface area contributed by atoms with Gasteiger partial charge in [-0.2, -0.15) is 5.26 Å². The lowest BCUT2D eigenvalue weighted by molar-refractivity contribution is -0.120. The van der Waals surface area contributed by atoms with Crippen molar-refractivity contribution in [3.63, 3.8) is 0 Å². The number of hydrogen-bond acceptors (Lipinski definition) is 4. The minimum absolute atomic E-state index is 0.131. The Kier molecular flexibility index (Phi) is 5.08. The van der Waals surface area contributed by atoms with E-state index in [1.54, 1.807) is 0 Å². The van der Waals surface area contributed by atoms with E-state index in [0.717, 1.165) is 12.8 Å². The monoisotopic (exact) mass is 211 g/mol. The molecule has 0 aromatic carbocycles. The zero-order chi connectivity index (χ0) is 11.1. The Morgan fingerprint density at radius 2 is 2.33 bits per heavy atom. The highest BCUT2D eigenvalue weighted by Gasteiger charge is 2.29. The summed E-state index contributed by atoms with van der Waals surface area (Å²) in [5.74, 6) is 0.299. The van der Waals surface area contributed by atoms with E-state index in [-0.39, 0.29) is 18.6 Å². The van der Waals surface area contributed by atoms with Crippen LogP contribution in [0.4, 0.5) is 0 Å². The van der Waals surface area contributed by atoms with Crippen LogP contribution in [0.2, 0.25) is 0 Å². The standard InChI is InChI=1S/C10H17N3O2/c11-4-1-5-13-10(15)7-12-6-9(14)8-2-3-8/h8-9,12,14H,1-3,5-7H2,(H,13,15). The third-order valence-corrected chi connectivity index (χ3v) is 2.36. The average Bonchev–Trinajstić information content (AvgIpc) is 3.01. The molecule has 15 heavy (non-hydrogen) atoms. The highest BCUT2D eigenvalue weighted by atomic mass is 16.3.